The maximum Gasteiger partial charge on any atom is 0.352 e. The van der Waals surface area contributed by atoms with Gasteiger partial charge in [0.05, 0.1) is 0 Å². The molecule has 0 bridgehead atoms. The number of hydrogen-bond acceptors (Lipinski definition) is 3. The van der Waals surface area contributed by atoms with Crippen LogP contribution in [0.1, 0.15) is 48.6 Å². The van der Waals surface area contributed by atoms with Crippen molar-refractivity contribution < 1.29 is 9.90 Å². The van der Waals surface area contributed by atoms with Crippen molar-refractivity contribution in [3.63, 3.8) is 0 Å². The Kier molecular flexibility index (Phi) is 3.14. The van der Waals surface area contributed by atoms with Gasteiger partial charge in [-0.05, 0) is 30.5 Å². The molecular weight excluding hydrogens is 266 g/mol. The van der Waals surface area contributed by atoms with Crippen molar-refractivity contribution in [3.05, 3.63) is 23.2 Å². The summed E-state index contributed by atoms with van der Waals surface area (Å²) in [5.41, 5.74) is 0.905. The van der Waals surface area contributed by atoms with E-state index in [2.05, 4.69) is 9.97 Å². The molecule has 5 nitrogen and oxygen atoms in total. The molecule has 19 heavy (non-hydrogen) atoms. The van der Waals surface area contributed by atoms with Crippen LogP contribution in [0.5, 0.6) is 0 Å². The second-order valence-electron chi connectivity index (χ2n) is 4.91. The molecule has 0 saturated heterocycles. The molecule has 2 heterocycles. The summed E-state index contributed by atoms with van der Waals surface area (Å²) in [7, 11) is 0. The molecule has 0 aromatic carbocycles. The van der Waals surface area contributed by atoms with Gasteiger partial charge in [0.25, 0.3) is 0 Å². The highest BCUT2D eigenvalue weighted by Crippen LogP contribution is 2.33. The highest BCUT2D eigenvalue weighted by Gasteiger charge is 2.24. The average molecular weight is 280 g/mol. The van der Waals surface area contributed by atoms with Crippen LogP contribution in [0.4, 0.5) is 0 Å². The number of hydrogen-bond donors (Lipinski definition) is 1. The van der Waals surface area contributed by atoms with E-state index in [0.29, 0.717) is 5.65 Å². The van der Waals surface area contributed by atoms with Gasteiger partial charge in [0, 0.05) is 17.6 Å². The Morgan fingerprint density at radius 3 is 2.79 bits per heavy atom. The number of carboxylic acid groups (broad SMARTS) is 1. The topological polar surface area (TPSA) is 68.0 Å². The zero-order chi connectivity index (χ0) is 13.4. The second-order valence-corrected chi connectivity index (χ2v) is 5.25. The summed E-state index contributed by atoms with van der Waals surface area (Å²) in [5.74, 6) is -0.931. The summed E-state index contributed by atoms with van der Waals surface area (Å²) in [6.07, 6.45) is 7.03. The fourth-order valence-corrected chi connectivity index (χ4v) is 2.99. The van der Waals surface area contributed by atoms with Crippen LogP contribution in [-0.2, 0) is 0 Å². The van der Waals surface area contributed by atoms with E-state index in [-0.39, 0.29) is 17.0 Å². The lowest BCUT2D eigenvalue weighted by Gasteiger charge is -2.25. The van der Waals surface area contributed by atoms with Gasteiger partial charge in [0.15, 0.2) is 0 Å². The monoisotopic (exact) mass is 279 g/mol. The Hall–Kier alpha value is -1.62. The number of aromatic nitrogens is 3. The maximum absolute atomic E-state index is 11.4. The Labute approximate surface area is 115 Å². The summed E-state index contributed by atoms with van der Waals surface area (Å²) < 4.78 is 1.82. The third kappa shape index (κ3) is 2.18. The largest absolute Gasteiger partial charge is 0.477 e. The fraction of sp³-hybridized carbons (Fsp3) is 0.462. The molecule has 1 saturated carbocycles. The Morgan fingerprint density at radius 2 is 2.11 bits per heavy atom. The second kappa shape index (κ2) is 4.81. The average Bonchev–Trinajstić information content (AvgIpc) is 2.78. The highest BCUT2D eigenvalue weighted by atomic mass is 35.5. The van der Waals surface area contributed by atoms with Crippen LogP contribution >= 0.6 is 11.6 Å². The van der Waals surface area contributed by atoms with Crippen molar-refractivity contribution in [2.24, 2.45) is 0 Å². The Bertz CT molecular complexity index is 632. The standard InChI is InChI=1S/C13H14ClN3O2/c14-13-15-7-8-6-10(12(18)19)17(11(8)16-13)9-4-2-1-3-5-9/h6-7,9H,1-5H2,(H,18,19). The summed E-state index contributed by atoms with van der Waals surface area (Å²) >= 11 is 5.84. The van der Waals surface area contributed by atoms with E-state index in [4.69, 9.17) is 11.6 Å². The smallest absolute Gasteiger partial charge is 0.352 e. The van der Waals surface area contributed by atoms with Gasteiger partial charge in [-0.15, -0.1) is 0 Å². The van der Waals surface area contributed by atoms with Crippen molar-refractivity contribution in [1.82, 2.24) is 14.5 Å². The molecule has 2 aromatic rings. The van der Waals surface area contributed by atoms with Gasteiger partial charge in [-0.25, -0.2) is 9.78 Å². The molecule has 0 spiro atoms. The first-order valence-electron chi connectivity index (χ1n) is 6.43. The first-order valence-corrected chi connectivity index (χ1v) is 6.81. The quantitative estimate of drug-likeness (QED) is 0.857. The lowest BCUT2D eigenvalue weighted by Crippen LogP contribution is -2.18. The van der Waals surface area contributed by atoms with Crippen molar-refractivity contribution in [1.29, 1.82) is 0 Å². The number of carbonyl (C=O) groups is 1. The van der Waals surface area contributed by atoms with E-state index in [1.54, 1.807) is 12.3 Å². The van der Waals surface area contributed by atoms with Gasteiger partial charge in [0.1, 0.15) is 11.3 Å². The molecule has 2 aromatic heterocycles. The molecule has 1 N–H and O–H groups in total. The Balaban J connectivity index is 2.20. The first kappa shape index (κ1) is 12.4. The first-order chi connectivity index (χ1) is 9.16. The van der Waals surface area contributed by atoms with E-state index in [1.807, 2.05) is 4.57 Å². The van der Waals surface area contributed by atoms with Gasteiger partial charge in [0.2, 0.25) is 5.28 Å². The van der Waals surface area contributed by atoms with Crippen molar-refractivity contribution in [2.75, 3.05) is 0 Å². The van der Waals surface area contributed by atoms with E-state index >= 15 is 0 Å². The maximum atomic E-state index is 11.4. The normalized spacial score (nSPS) is 16.9. The SMILES string of the molecule is O=C(O)c1cc2cnc(Cl)nc2n1C1CCCCC1. The third-order valence-corrected chi connectivity index (χ3v) is 3.89. The summed E-state index contributed by atoms with van der Waals surface area (Å²) in [5, 5.41) is 10.2. The number of aromatic carboxylic acids is 1. The van der Waals surface area contributed by atoms with Crippen LogP contribution in [0.15, 0.2) is 12.3 Å². The molecule has 0 aliphatic heterocycles. The summed E-state index contributed by atoms with van der Waals surface area (Å²) in [6, 6.07) is 1.83. The lowest BCUT2D eigenvalue weighted by atomic mass is 9.95. The predicted molar refractivity (Wildman–Crippen MR) is 71.6 cm³/mol. The van der Waals surface area contributed by atoms with Crippen LogP contribution in [0, 0.1) is 0 Å². The van der Waals surface area contributed by atoms with Gasteiger partial charge in [-0.2, -0.15) is 4.98 Å². The van der Waals surface area contributed by atoms with Crippen molar-refractivity contribution in [3.8, 4) is 0 Å². The van der Waals surface area contributed by atoms with Crippen LogP contribution in [0.25, 0.3) is 11.0 Å². The predicted octanol–water partition coefficient (Wildman–Crippen LogP) is 3.29. The number of halogens is 1. The molecule has 100 valence electrons. The van der Waals surface area contributed by atoms with Gasteiger partial charge in [-0.1, -0.05) is 19.3 Å². The van der Waals surface area contributed by atoms with Gasteiger partial charge in [-0.3, -0.25) is 0 Å². The molecule has 1 aliphatic rings. The minimum absolute atomic E-state index is 0.152. The van der Waals surface area contributed by atoms with Crippen LogP contribution < -0.4 is 0 Å². The minimum atomic E-state index is -0.931. The molecule has 0 atom stereocenters. The number of carboxylic acids is 1. The number of fused-ring (bicyclic) bond motifs is 1. The molecule has 0 unspecified atom stereocenters. The van der Waals surface area contributed by atoms with E-state index in [9.17, 15) is 9.90 Å². The Morgan fingerprint density at radius 1 is 1.37 bits per heavy atom. The van der Waals surface area contributed by atoms with E-state index in [1.165, 1.54) is 6.42 Å². The zero-order valence-corrected chi connectivity index (χ0v) is 11.1. The van der Waals surface area contributed by atoms with Crippen LogP contribution in [0.3, 0.4) is 0 Å². The third-order valence-electron chi connectivity index (χ3n) is 3.71. The van der Waals surface area contributed by atoms with Crippen molar-refractivity contribution in [2.45, 2.75) is 38.1 Å². The van der Waals surface area contributed by atoms with E-state index < -0.39 is 5.97 Å². The van der Waals surface area contributed by atoms with E-state index in [0.717, 1.165) is 31.1 Å². The van der Waals surface area contributed by atoms with Crippen LogP contribution in [-0.4, -0.2) is 25.6 Å². The van der Waals surface area contributed by atoms with Crippen molar-refractivity contribution >= 4 is 28.6 Å². The van der Waals surface area contributed by atoms with Crippen LogP contribution in [0.2, 0.25) is 5.28 Å². The molecule has 0 radical (unpaired) electrons. The molecule has 1 aliphatic carbocycles. The molecule has 3 rings (SSSR count). The molecule has 0 amide bonds. The number of rotatable bonds is 2. The zero-order valence-electron chi connectivity index (χ0n) is 10.3. The summed E-state index contributed by atoms with van der Waals surface area (Å²) in [6.45, 7) is 0. The summed E-state index contributed by atoms with van der Waals surface area (Å²) in [4.78, 5) is 19.5. The minimum Gasteiger partial charge on any atom is -0.477 e. The number of nitrogens with zero attached hydrogens (tertiary/aromatic N) is 3. The molecule has 6 heteroatoms. The highest BCUT2D eigenvalue weighted by molar-refractivity contribution is 6.28. The van der Waals surface area contributed by atoms with Gasteiger partial charge < -0.3 is 9.67 Å². The lowest BCUT2D eigenvalue weighted by molar-refractivity contribution is 0.0681. The molecular formula is C13H14ClN3O2. The fourth-order valence-electron chi connectivity index (χ4n) is 2.86. The molecule has 1 fully saturated rings. The van der Waals surface area contributed by atoms with Gasteiger partial charge >= 0.3 is 5.97 Å².